The minimum atomic E-state index is -0.0886. The molecule has 1 heterocycles. The third-order valence-corrected chi connectivity index (χ3v) is 5.91. The fourth-order valence-electron chi connectivity index (χ4n) is 3.64. The van der Waals surface area contributed by atoms with Crippen LogP contribution in [0.25, 0.3) is 0 Å². The molecule has 0 radical (unpaired) electrons. The molecule has 0 unspecified atom stereocenters. The maximum atomic E-state index is 12.3. The van der Waals surface area contributed by atoms with E-state index in [2.05, 4.69) is 33.4 Å². The summed E-state index contributed by atoms with van der Waals surface area (Å²) in [6, 6.07) is 8.32. The van der Waals surface area contributed by atoms with Gasteiger partial charge in [-0.15, -0.1) is 0 Å². The highest BCUT2D eigenvalue weighted by Crippen LogP contribution is 2.35. The van der Waals surface area contributed by atoms with Gasteiger partial charge in [0, 0.05) is 55.6 Å². The summed E-state index contributed by atoms with van der Waals surface area (Å²) < 4.78 is 6.60. The molecule has 0 saturated carbocycles. The Morgan fingerprint density at radius 1 is 1.19 bits per heavy atom. The lowest BCUT2D eigenvalue weighted by Crippen LogP contribution is -2.44. The van der Waals surface area contributed by atoms with Gasteiger partial charge >= 0.3 is 0 Å². The quantitative estimate of drug-likeness (QED) is 0.639. The highest BCUT2D eigenvalue weighted by Gasteiger charge is 2.34. The first kappa shape index (κ1) is 21.9. The Bertz CT molecular complexity index is 626. The number of ether oxygens (including phenoxy) is 1. The van der Waals surface area contributed by atoms with Gasteiger partial charge in [-0.2, -0.15) is 0 Å². The van der Waals surface area contributed by atoms with Gasteiger partial charge in [-0.25, -0.2) is 0 Å². The van der Waals surface area contributed by atoms with E-state index in [1.807, 2.05) is 30.9 Å². The number of hydrogen-bond acceptors (Lipinski definition) is 3. The van der Waals surface area contributed by atoms with Crippen LogP contribution in [0.3, 0.4) is 0 Å². The van der Waals surface area contributed by atoms with E-state index in [-0.39, 0.29) is 17.2 Å². The zero-order valence-corrected chi connectivity index (χ0v) is 18.0. The second kappa shape index (κ2) is 10.8. The number of carbonyl (C=O) groups excluding carboxylic acids is 2. The van der Waals surface area contributed by atoms with Crippen LogP contribution in [0.2, 0.25) is 0 Å². The molecular weight excluding hydrogens is 408 g/mol. The van der Waals surface area contributed by atoms with Gasteiger partial charge in [0.25, 0.3) is 0 Å². The monoisotopic (exact) mass is 438 g/mol. The van der Waals surface area contributed by atoms with Crippen LogP contribution in [0.15, 0.2) is 28.7 Å². The van der Waals surface area contributed by atoms with Crippen LogP contribution in [-0.4, -0.2) is 49.6 Å². The molecule has 1 aromatic rings. The van der Waals surface area contributed by atoms with Crippen LogP contribution >= 0.6 is 15.9 Å². The van der Waals surface area contributed by atoms with E-state index >= 15 is 0 Å². The third-order valence-electron chi connectivity index (χ3n) is 5.42. The van der Waals surface area contributed by atoms with Crippen molar-refractivity contribution in [3.63, 3.8) is 0 Å². The largest absolute Gasteiger partial charge is 0.381 e. The molecule has 0 aliphatic carbocycles. The number of rotatable bonds is 9. The van der Waals surface area contributed by atoms with Crippen LogP contribution in [0, 0.1) is 0 Å². The number of nitrogens with one attached hydrogen (secondary N) is 1. The molecular formula is C21H31BrN2O3. The zero-order valence-electron chi connectivity index (χ0n) is 16.4. The molecule has 1 saturated heterocycles. The van der Waals surface area contributed by atoms with E-state index < -0.39 is 0 Å². The highest BCUT2D eigenvalue weighted by molar-refractivity contribution is 9.10. The molecule has 1 aliphatic rings. The number of carbonyl (C=O) groups is 2. The van der Waals surface area contributed by atoms with Gasteiger partial charge in [0.1, 0.15) is 0 Å². The molecule has 0 atom stereocenters. The molecule has 6 heteroatoms. The molecule has 1 fully saturated rings. The van der Waals surface area contributed by atoms with Gasteiger partial charge in [0.2, 0.25) is 11.8 Å². The number of hydrogen-bond donors (Lipinski definition) is 1. The molecule has 2 rings (SSSR count). The van der Waals surface area contributed by atoms with Gasteiger partial charge in [0.05, 0.1) is 0 Å². The van der Waals surface area contributed by atoms with Gasteiger partial charge < -0.3 is 15.0 Å². The molecule has 5 nitrogen and oxygen atoms in total. The van der Waals surface area contributed by atoms with Gasteiger partial charge in [-0.1, -0.05) is 28.1 Å². The number of nitrogens with zero attached hydrogens (tertiary/aromatic N) is 1. The number of amides is 2. The third kappa shape index (κ3) is 6.32. The minimum absolute atomic E-state index is 0.0169. The molecule has 1 aromatic carbocycles. The Morgan fingerprint density at radius 2 is 1.89 bits per heavy atom. The lowest BCUT2D eigenvalue weighted by Gasteiger charge is -2.38. The number of benzene rings is 1. The predicted molar refractivity (Wildman–Crippen MR) is 111 cm³/mol. The van der Waals surface area contributed by atoms with E-state index in [0.717, 1.165) is 30.4 Å². The first-order chi connectivity index (χ1) is 13.0. The fourth-order valence-corrected chi connectivity index (χ4v) is 4.04. The summed E-state index contributed by atoms with van der Waals surface area (Å²) >= 11 is 3.55. The first-order valence-corrected chi connectivity index (χ1v) is 10.7. The smallest absolute Gasteiger partial charge is 0.222 e. The van der Waals surface area contributed by atoms with E-state index in [1.165, 1.54) is 5.56 Å². The minimum Gasteiger partial charge on any atom is -0.381 e. The molecule has 150 valence electrons. The Hall–Kier alpha value is -1.40. The molecule has 0 spiro atoms. The molecule has 27 heavy (non-hydrogen) atoms. The lowest BCUT2D eigenvalue weighted by molar-refractivity contribution is -0.131. The van der Waals surface area contributed by atoms with Gasteiger partial charge in [-0.3, -0.25) is 9.59 Å². The first-order valence-electron chi connectivity index (χ1n) is 9.89. The summed E-state index contributed by atoms with van der Waals surface area (Å²) in [5.74, 6) is 0.144. The van der Waals surface area contributed by atoms with Crippen LogP contribution < -0.4 is 5.32 Å². The van der Waals surface area contributed by atoms with E-state index in [0.29, 0.717) is 39.0 Å². The van der Waals surface area contributed by atoms with Crippen LogP contribution in [0.5, 0.6) is 0 Å². The normalized spacial score (nSPS) is 16.0. The zero-order chi connectivity index (χ0) is 19.7. The molecule has 2 amide bonds. The summed E-state index contributed by atoms with van der Waals surface area (Å²) in [6.07, 6.45) is 3.19. The molecule has 1 aliphatic heterocycles. The van der Waals surface area contributed by atoms with Crippen LogP contribution in [-0.2, 0) is 19.7 Å². The van der Waals surface area contributed by atoms with Crippen molar-refractivity contribution in [3.8, 4) is 0 Å². The van der Waals surface area contributed by atoms with Crippen molar-refractivity contribution in [2.75, 3.05) is 32.8 Å². The standard InChI is InChI=1S/C21H31BrN2O3/c1-3-24(4-2)20(26)10-6-9-19(25)23-16-21(11-13-27-14-12-21)17-7-5-8-18(22)15-17/h5,7-8,15H,3-4,6,9-14,16H2,1-2H3,(H,23,25). The van der Waals surface area contributed by atoms with E-state index in [9.17, 15) is 9.59 Å². The van der Waals surface area contributed by atoms with Crippen LogP contribution in [0.4, 0.5) is 0 Å². The SMILES string of the molecule is CCN(CC)C(=O)CCCC(=O)NCC1(c2cccc(Br)c2)CCOCC1. The van der Waals surface area contributed by atoms with Crippen molar-refractivity contribution in [1.82, 2.24) is 10.2 Å². The van der Waals surface area contributed by atoms with Crippen molar-refractivity contribution in [1.29, 1.82) is 0 Å². The second-order valence-electron chi connectivity index (χ2n) is 7.10. The highest BCUT2D eigenvalue weighted by atomic mass is 79.9. The Kier molecular flexibility index (Phi) is 8.77. The molecule has 0 bridgehead atoms. The average molecular weight is 439 g/mol. The average Bonchev–Trinajstić information content (AvgIpc) is 2.68. The van der Waals surface area contributed by atoms with Crippen molar-refractivity contribution in [2.45, 2.75) is 51.4 Å². The van der Waals surface area contributed by atoms with E-state index in [1.54, 1.807) is 0 Å². The van der Waals surface area contributed by atoms with E-state index in [4.69, 9.17) is 4.74 Å². The number of halogens is 1. The summed E-state index contributed by atoms with van der Waals surface area (Å²) in [5.41, 5.74) is 1.14. The Morgan fingerprint density at radius 3 is 2.52 bits per heavy atom. The Labute approximate surface area is 171 Å². The summed E-state index contributed by atoms with van der Waals surface area (Å²) in [6.45, 7) is 7.42. The van der Waals surface area contributed by atoms with Crippen molar-refractivity contribution >= 4 is 27.7 Å². The maximum Gasteiger partial charge on any atom is 0.222 e. The van der Waals surface area contributed by atoms with Crippen molar-refractivity contribution in [2.24, 2.45) is 0 Å². The second-order valence-corrected chi connectivity index (χ2v) is 8.02. The molecule has 1 N–H and O–H groups in total. The Balaban J connectivity index is 1.88. The predicted octanol–water partition coefficient (Wildman–Crippen LogP) is 3.65. The summed E-state index contributed by atoms with van der Waals surface area (Å²) in [7, 11) is 0. The lowest BCUT2D eigenvalue weighted by atomic mass is 9.74. The topological polar surface area (TPSA) is 58.6 Å². The molecule has 0 aromatic heterocycles. The summed E-state index contributed by atoms with van der Waals surface area (Å²) in [4.78, 5) is 26.2. The van der Waals surface area contributed by atoms with Gasteiger partial charge in [-0.05, 0) is 50.8 Å². The van der Waals surface area contributed by atoms with Crippen LogP contribution in [0.1, 0.15) is 51.5 Å². The fraction of sp³-hybridized carbons (Fsp3) is 0.619. The van der Waals surface area contributed by atoms with Crippen molar-refractivity contribution < 1.29 is 14.3 Å². The summed E-state index contributed by atoms with van der Waals surface area (Å²) in [5, 5.41) is 3.11. The van der Waals surface area contributed by atoms with Gasteiger partial charge in [0.15, 0.2) is 0 Å². The maximum absolute atomic E-state index is 12.3. The van der Waals surface area contributed by atoms with Crippen molar-refractivity contribution in [3.05, 3.63) is 34.3 Å².